The summed E-state index contributed by atoms with van der Waals surface area (Å²) in [6.45, 7) is 3.84. The van der Waals surface area contributed by atoms with E-state index in [1.54, 1.807) is 12.4 Å². The third-order valence-electron chi connectivity index (χ3n) is 2.91. The summed E-state index contributed by atoms with van der Waals surface area (Å²) in [5, 5.41) is 0. The summed E-state index contributed by atoms with van der Waals surface area (Å²) in [7, 11) is 1.38. The normalized spacial score (nSPS) is 9.87. The standard InChI is InChI=1S/C8H12N2O2.C7H11N3O/c1-6-5-9-7(10-6)3-4-8(11)12-2;1-5-4-9-7(10-5)3-2-6(8)11/h5H,3-4H2,1-2H3,(H,9,10);4H,2-3H2,1H3,(H2,8,11)(H,9,10). The molecule has 1 amide bonds. The minimum atomic E-state index is -0.293. The number of ether oxygens (including phenoxy) is 1. The molecule has 2 aromatic heterocycles. The molecule has 2 aromatic rings. The van der Waals surface area contributed by atoms with Gasteiger partial charge in [0.2, 0.25) is 5.91 Å². The Bertz CT molecular complexity index is 633. The summed E-state index contributed by atoms with van der Waals surface area (Å²) in [4.78, 5) is 35.2. The van der Waals surface area contributed by atoms with Gasteiger partial charge < -0.3 is 20.4 Å². The Morgan fingerprint density at radius 2 is 1.52 bits per heavy atom. The molecule has 0 aromatic carbocycles. The highest BCUT2D eigenvalue weighted by Gasteiger charge is 2.03. The van der Waals surface area contributed by atoms with Crippen molar-refractivity contribution in [1.29, 1.82) is 0 Å². The first-order valence-corrected chi connectivity index (χ1v) is 7.26. The van der Waals surface area contributed by atoms with E-state index in [0.717, 1.165) is 23.0 Å². The minimum absolute atomic E-state index is 0.205. The number of rotatable bonds is 6. The van der Waals surface area contributed by atoms with Crippen LogP contribution in [0, 0.1) is 13.8 Å². The number of hydrogen-bond acceptors (Lipinski definition) is 5. The molecule has 0 radical (unpaired) electrons. The summed E-state index contributed by atoms with van der Waals surface area (Å²) in [5.41, 5.74) is 6.98. The Balaban J connectivity index is 0.000000231. The van der Waals surface area contributed by atoms with Crippen LogP contribution in [-0.4, -0.2) is 38.9 Å². The molecule has 0 saturated heterocycles. The number of nitrogens with two attached hydrogens (primary N) is 1. The third kappa shape index (κ3) is 7.79. The maximum absolute atomic E-state index is 10.7. The number of esters is 1. The second-order valence-electron chi connectivity index (χ2n) is 5.07. The molecule has 8 nitrogen and oxygen atoms in total. The topological polar surface area (TPSA) is 127 Å². The summed E-state index contributed by atoms with van der Waals surface area (Å²) in [6, 6.07) is 0. The van der Waals surface area contributed by atoms with E-state index in [1.807, 2.05) is 13.8 Å². The van der Waals surface area contributed by atoms with Gasteiger partial charge in [0.05, 0.1) is 13.5 Å². The monoisotopic (exact) mass is 321 g/mol. The fraction of sp³-hybridized carbons (Fsp3) is 0.467. The van der Waals surface area contributed by atoms with Crippen LogP contribution in [0.4, 0.5) is 0 Å². The minimum Gasteiger partial charge on any atom is -0.469 e. The van der Waals surface area contributed by atoms with E-state index < -0.39 is 0 Å². The van der Waals surface area contributed by atoms with Gasteiger partial charge in [0.25, 0.3) is 0 Å². The first kappa shape index (κ1) is 18.4. The van der Waals surface area contributed by atoms with Crippen molar-refractivity contribution in [1.82, 2.24) is 19.9 Å². The summed E-state index contributed by atoms with van der Waals surface area (Å²) in [5.74, 6) is 1.15. The predicted molar refractivity (Wildman–Crippen MR) is 84.5 cm³/mol. The van der Waals surface area contributed by atoms with Crippen LogP contribution in [0.25, 0.3) is 0 Å². The number of H-pyrrole nitrogens is 2. The van der Waals surface area contributed by atoms with E-state index in [1.165, 1.54) is 7.11 Å². The van der Waals surface area contributed by atoms with Gasteiger partial charge in [0, 0.05) is 43.0 Å². The van der Waals surface area contributed by atoms with E-state index in [0.29, 0.717) is 25.7 Å². The number of aromatic amines is 2. The van der Waals surface area contributed by atoms with Crippen LogP contribution in [0.1, 0.15) is 35.9 Å². The number of hydrogen-bond donors (Lipinski definition) is 3. The number of amides is 1. The molecule has 0 saturated carbocycles. The van der Waals surface area contributed by atoms with Crippen molar-refractivity contribution in [2.24, 2.45) is 5.73 Å². The lowest BCUT2D eigenvalue weighted by Crippen LogP contribution is -2.11. The lowest BCUT2D eigenvalue weighted by Gasteiger charge is -1.95. The molecule has 23 heavy (non-hydrogen) atoms. The number of primary amides is 1. The fourth-order valence-electron chi connectivity index (χ4n) is 1.75. The molecule has 2 rings (SSSR count). The maximum Gasteiger partial charge on any atom is 0.305 e. The quantitative estimate of drug-likeness (QED) is 0.683. The lowest BCUT2D eigenvalue weighted by molar-refractivity contribution is -0.140. The Kier molecular flexibility index (Phi) is 7.52. The predicted octanol–water partition coefficient (Wildman–Crippen LogP) is 0.960. The van der Waals surface area contributed by atoms with Gasteiger partial charge >= 0.3 is 5.97 Å². The summed E-state index contributed by atoms with van der Waals surface area (Å²) >= 11 is 0. The van der Waals surface area contributed by atoms with Crippen molar-refractivity contribution in [2.45, 2.75) is 39.5 Å². The average molecular weight is 321 g/mol. The van der Waals surface area contributed by atoms with Gasteiger partial charge in [-0.25, -0.2) is 9.97 Å². The molecule has 0 fully saturated rings. The average Bonchev–Trinajstić information content (AvgIpc) is 3.11. The van der Waals surface area contributed by atoms with Crippen molar-refractivity contribution >= 4 is 11.9 Å². The van der Waals surface area contributed by atoms with Crippen molar-refractivity contribution in [3.63, 3.8) is 0 Å². The van der Waals surface area contributed by atoms with Crippen molar-refractivity contribution in [2.75, 3.05) is 7.11 Å². The highest BCUT2D eigenvalue weighted by Crippen LogP contribution is 1.99. The smallest absolute Gasteiger partial charge is 0.305 e. The molecule has 2 heterocycles. The molecule has 126 valence electrons. The molecule has 4 N–H and O–H groups in total. The summed E-state index contributed by atoms with van der Waals surface area (Å²) < 4.78 is 4.50. The maximum atomic E-state index is 10.7. The van der Waals surface area contributed by atoms with Gasteiger partial charge in [-0.3, -0.25) is 9.59 Å². The van der Waals surface area contributed by atoms with E-state index in [9.17, 15) is 9.59 Å². The van der Waals surface area contributed by atoms with Crippen LogP contribution in [0.5, 0.6) is 0 Å². The van der Waals surface area contributed by atoms with Gasteiger partial charge in [0.15, 0.2) is 0 Å². The van der Waals surface area contributed by atoms with E-state index in [4.69, 9.17) is 5.73 Å². The van der Waals surface area contributed by atoms with Crippen LogP contribution in [-0.2, 0) is 27.2 Å². The molecule has 0 aliphatic heterocycles. The number of methoxy groups -OCH3 is 1. The SMILES string of the molecule is COC(=O)CCc1ncc(C)[nH]1.Cc1cnc(CCC(N)=O)[nH]1. The molecule has 8 heteroatoms. The second kappa shape index (κ2) is 9.39. The Morgan fingerprint density at radius 3 is 1.87 bits per heavy atom. The van der Waals surface area contributed by atoms with Gasteiger partial charge in [-0.05, 0) is 13.8 Å². The van der Waals surface area contributed by atoms with Gasteiger partial charge in [0.1, 0.15) is 11.6 Å². The highest BCUT2D eigenvalue weighted by molar-refractivity contribution is 5.73. The molecular weight excluding hydrogens is 298 g/mol. The second-order valence-corrected chi connectivity index (χ2v) is 5.07. The number of aromatic nitrogens is 4. The van der Waals surface area contributed by atoms with Gasteiger partial charge in [-0.1, -0.05) is 0 Å². The Labute approximate surface area is 134 Å². The zero-order valence-electron chi connectivity index (χ0n) is 13.7. The zero-order chi connectivity index (χ0) is 17.2. The first-order valence-electron chi connectivity index (χ1n) is 7.26. The number of carbonyl (C=O) groups is 2. The highest BCUT2D eigenvalue weighted by atomic mass is 16.5. The third-order valence-corrected chi connectivity index (χ3v) is 2.91. The molecular formula is C15H23N5O3. The van der Waals surface area contributed by atoms with Crippen LogP contribution >= 0.6 is 0 Å². The molecule has 0 aliphatic carbocycles. The van der Waals surface area contributed by atoms with Crippen LogP contribution < -0.4 is 5.73 Å². The lowest BCUT2D eigenvalue weighted by atomic mass is 10.3. The molecule has 0 unspecified atom stereocenters. The van der Waals surface area contributed by atoms with Crippen LogP contribution in [0.2, 0.25) is 0 Å². The van der Waals surface area contributed by atoms with Gasteiger partial charge in [-0.15, -0.1) is 0 Å². The first-order chi connectivity index (χ1) is 10.9. The van der Waals surface area contributed by atoms with E-state index in [-0.39, 0.29) is 11.9 Å². The fourth-order valence-corrected chi connectivity index (χ4v) is 1.75. The largest absolute Gasteiger partial charge is 0.469 e. The molecule has 0 bridgehead atoms. The molecule has 0 atom stereocenters. The van der Waals surface area contributed by atoms with Crippen LogP contribution in [0.3, 0.4) is 0 Å². The molecule has 0 spiro atoms. The van der Waals surface area contributed by atoms with Crippen LogP contribution in [0.15, 0.2) is 12.4 Å². The van der Waals surface area contributed by atoms with E-state index in [2.05, 4.69) is 24.7 Å². The molecule has 0 aliphatic rings. The Morgan fingerprint density at radius 1 is 1.04 bits per heavy atom. The number of aryl methyl sites for hydroxylation is 4. The Hall–Kier alpha value is -2.64. The number of imidazole rings is 2. The summed E-state index contributed by atoms with van der Waals surface area (Å²) in [6.07, 6.45) is 5.42. The zero-order valence-corrected chi connectivity index (χ0v) is 13.7. The van der Waals surface area contributed by atoms with Gasteiger partial charge in [-0.2, -0.15) is 0 Å². The number of nitrogens with one attached hydrogen (secondary N) is 2. The van der Waals surface area contributed by atoms with E-state index >= 15 is 0 Å². The van der Waals surface area contributed by atoms with Crippen molar-refractivity contribution < 1.29 is 14.3 Å². The number of nitrogens with zero attached hydrogens (tertiary/aromatic N) is 2. The van der Waals surface area contributed by atoms with Crippen molar-refractivity contribution in [3.05, 3.63) is 35.4 Å². The number of carbonyl (C=O) groups excluding carboxylic acids is 2. The van der Waals surface area contributed by atoms with Crippen molar-refractivity contribution in [3.8, 4) is 0 Å².